The largest absolute Gasteiger partial charge is 0.396 e. The van der Waals surface area contributed by atoms with Crippen molar-refractivity contribution in [1.82, 2.24) is 5.32 Å². The zero-order valence-electron chi connectivity index (χ0n) is 9.55. The van der Waals surface area contributed by atoms with Crippen molar-refractivity contribution in [3.8, 4) is 0 Å². The smallest absolute Gasteiger partial charge is 0.0521 e. The number of aliphatic hydroxyl groups is 2. The fourth-order valence-electron chi connectivity index (χ4n) is 1.71. The minimum absolute atomic E-state index is 0.0659. The van der Waals surface area contributed by atoms with Crippen molar-refractivity contribution in [2.75, 3.05) is 26.8 Å². The number of nitrogens with one attached hydrogen (secondary N) is 1. The Balaban J connectivity index is 3.82. The maximum absolute atomic E-state index is 9.26. The van der Waals surface area contributed by atoms with Crippen LogP contribution in [0.1, 0.15) is 39.0 Å². The molecule has 86 valence electrons. The predicted octanol–water partition coefficient (Wildman–Crippen LogP) is 1.15. The van der Waals surface area contributed by atoms with E-state index in [4.69, 9.17) is 0 Å². The van der Waals surface area contributed by atoms with Gasteiger partial charge in [-0.05, 0) is 13.5 Å². The lowest BCUT2D eigenvalue weighted by Crippen LogP contribution is -2.39. The highest BCUT2D eigenvalue weighted by molar-refractivity contribution is 4.79. The van der Waals surface area contributed by atoms with E-state index in [1.54, 1.807) is 0 Å². The molecule has 0 saturated carbocycles. The van der Waals surface area contributed by atoms with Crippen LogP contribution in [0, 0.1) is 5.41 Å². The summed E-state index contributed by atoms with van der Waals surface area (Å²) in [4.78, 5) is 0. The van der Waals surface area contributed by atoms with E-state index in [9.17, 15) is 10.2 Å². The van der Waals surface area contributed by atoms with Gasteiger partial charge in [0, 0.05) is 12.0 Å². The summed E-state index contributed by atoms with van der Waals surface area (Å²) in [6.45, 7) is 3.00. The topological polar surface area (TPSA) is 52.5 Å². The van der Waals surface area contributed by atoms with Gasteiger partial charge in [-0.15, -0.1) is 0 Å². The summed E-state index contributed by atoms with van der Waals surface area (Å²) in [6, 6.07) is 0. The summed E-state index contributed by atoms with van der Waals surface area (Å²) in [5.74, 6) is 0. The Morgan fingerprint density at radius 2 is 1.71 bits per heavy atom. The molecule has 0 atom stereocenters. The number of aliphatic hydroxyl groups excluding tert-OH is 2. The molecule has 0 heterocycles. The quantitative estimate of drug-likeness (QED) is 0.493. The summed E-state index contributed by atoms with van der Waals surface area (Å²) in [5, 5.41) is 21.6. The van der Waals surface area contributed by atoms with Crippen LogP contribution in [0.4, 0.5) is 0 Å². The van der Waals surface area contributed by atoms with E-state index in [2.05, 4.69) is 12.2 Å². The first-order chi connectivity index (χ1) is 6.74. The van der Waals surface area contributed by atoms with Crippen molar-refractivity contribution < 1.29 is 10.2 Å². The number of rotatable bonds is 9. The van der Waals surface area contributed by atoms with Crippen molar-refractivity contribution in [3.63, 3.8) is 0 Å². The molecule has 0 aliphatic heterocycles. The predicted molar refractivity (Wildman–Crippen MR) is 59.3 cm³/mol. The van der Waals surface area contributed by atoms with Crippen molar-refractivity contribution in [2.24, 2.45) is 5.41 Å². The molecule has 3 nitrogen and oxygen atoms in total. The van der Waals surface area contributed by atoms with Crippen LogP contribution < -0.4 is 5.32 Å². The molecule has 0 amide bonds. The second-order valence-corrected chi connectivity index (χ2v) is 4.16. The van der Waals surface area contributed by atoms with Gasteiger partial charge in [0.2, 0.25) is 0 Å². The molecular formula is C11H25NO2. The summed E-state index contributed by atoms with van der Waals surface area (Å²) in [6.07, 6.45) is 5.66. The molecule has 0 aromatic heterocycles. The Morgan fingerprint density at radius 3 is 2.14 bits per heavy atom. The highest BCUT2D eigenvalue weighted by Crippen LogP contribution is 2.23. The van der Waals surface area contributed by atoms with Gasteiger partial charge in [0.25, 0.3) is 0 Å². The van der Waals surface area contributed by atoms with Gasteiger partial charge >= 0.3 is 0 Å². The average molecular weight is 203 g/mol. The molecule has 3 N–H and O–H groups in total. The van der Waals surface area contributed by atoms with Gasteiger partial charge in [-0.2, -0.15) is 0 Å². The highest BCUT2D eigenvalue weighted by atomic mass is 16.3. The van der Waals surface area contributed by atoms with Crippen molar-refractivity contribution >= 4 is 0 Å². The Kier molecular flexibility index (Phi) is 8.14. The summed E-state index contributed by atoms with van der Waals surface area (Å²) in [5.41, 5.74) is -0.317. The summed E-state index contributed by atoms with van der Waals surface area (Å²) < 4.78 is 0. The minimum atomic E-state index is -0.317. The Labute approximate surface area is 87.5 Å². The first-order valence-corrected chi connectivity index (χ1v) is 5.61. The van der Waals surface area contributed by atoms with E-state index in [1.165, 1.54) is 19.3 Å². The van der Waals surface area contributed by atoms with Crippen LogP contribution in [0.15, 0.2) is 0 Å². The molecule has 0 aromatic carbocycles. The molecule has 0 radical (unpaired) electrons. The SMILES string of the molecule is CCCCCCC(CO)(CO)CNC. The molecule has 3 heteroatoms. The van der Waals surface area contributed by atoms with Gasteiger partial charge in [0.05, 0.1) is 13.2 Å². The second kappa shape index (κ2) is 8.21. The average Bonchev–Trinajstić information content (AvgIpc) is 2.23. The Bertz CT molecular complexity index is 124. The molecule has 0 fully saturated rings. The molecule has 0 aromatic rings. The van der Waals surface area contributed by atoms with E-state index in [1.807, 2.05) is 7.05 Å². The molecule has 0 aliphatic rings. The first-order valence-electron chi connectivity index (χ1n) is 5.61. The van der Waals surface area contributed by atoms with Gasteiger partial charge < -0.3 is 15.5 Å². The van der Waals surface area contributed by atoms with Crippen molar-refractivity contribution in [2.45, 2.75) is 39.0 Å². The van der Waals surface area contributed by atoms with Crippen LogP contribution in [0.3, 0.4) is 0 Å². The van der Waals surface area contributed by atoms with Crippen LogP contribution in [0.2, 0.25) is 0 Å². The second-order valence-electron chi connectivity index (χ2n) is 4.16. The molecule has 0 unspecified atom stereocenters. The van der Waals surface area contributed by atoms with Crippen LogP contribution in [-0.4, -0.2) is 37.0 Å². The molecule has 0 saturated heterocycles. The zero-order valence-corrected chi connectivity index (χ0v) is 9.55. The third-order valence-electron chi connectivity index (χ3n) is 2.78. The van der Waals surface area contributed by atoms with Crippen LogP contribution >= 0.6 is 0 Å². The van der Waals surface area contributed by atoms with Gasteiger partial charge in [-0.3, -0.25) is 0 Å². The molecular weight excluding hydrogens is 178 g/mol. The van der Waals surface area contributed by atoms with Gasteiger partial charge in [-0.1, -0.05) is 32.6 Å². The van der Waals surface area contributed by atoms with E-state index in [0.717, 1.165) is 12.8 Å². The lowest BCUT2D eigenvalue weighted by atomic mass is 9.84. The van der Waals surface area contributed by atoms with Crippen LogP contribution in [0.25, 0.3) is 0 Å². The van der Waals surface area contributed by atoms with Crippen molar-refractivity contribution in [3.05, 3.63) is 0 Å². The van der Waals surface area contributed by atoms with E-state index in [-0.39, 0.29) is 18.6 Å². The Hall–Kier alpha value is -0.120. The molecule has 0 aliphatic carbocycles. The lowest BCUT2D eigenvalue weighted by Gasteiger charge is -2.29. The fourth-order valence-corrected chi connectivity index (χ4v) is 1.71. The monoisotopic (exact) mass is 203 g/mol. The number of unbranched alkanes of at least 4 members (excludes halogenated alkanes) is 3. The lowest BCUT2D eigenvalue weighted by molar-refractivity contribution is 0.0464. The number of hydrogen-bond donors (Lipinski definition) is 3. The third kappa shape index (κ3) is 4.94. The third-order valence-corrected chi connectivity index (χ3v) is 2.78. The molecule has 0 rings (SSSR count). The summed E-state index contributed by atoms with van der Waals surface area (Å²) >= 11 is 0. The van der Waals surface area contributed by atoms with Crippen molar-refractivity contribution in [1.29, 1.82) is 0 Å². The van der Waals surface area contributed by atoms with E-state index < -0.39 is 0 Å². The van der Waals surface area contributed by atoms with Gasteiger partial charge in [0.15, 0.2) is 0 Å². The normalized spacial score (nSPS) is 12.0. The minimum Gasteiger partial charge on any atom is -0.396 e. The fraction of sp³-hybridized carbons (Fsp3) is 1.00. The van der Waals surface area contributed by atoms with Gasteiger partial charge in [-0.25, -0.2) is 0 Å². The van der Waals surface area contributed by atoms with E-state index in [0.29, 0.717) is 6.54 Å². The Morgan fingerprint density at radius 1 is 1.07 bits per heavy atom. The molecule has 14 heavy (non-hydrogen) atoms. The summed E-state index contributed by atoms with van der Waals surface area (Å²) in [7, 11) is 1.85. The van der Waals surface area contributed by atoms with Gasteiger partial charge in [0.1, 0.15) is 0 Å². The van der Waals surface area contributed by atoms with E-state index >= 15 is 0 Å². The standard InChI is InChI=1S/C11H25NO2/c1-3-4-5-6-7-11(9-13,10-14)8-12-2/h12-14H,3-10H2,1-2H3. The first kappa shape index (κ1) is 13.9. The van der Waals surface area contributed by atoms with Crippen LogP contribution in [-0.2, 0) is 0 Å². The number of hydrogen-bond acceptors (Lipinski definition) is 3. The molecule has 0 spiro atoms. The maximum Gasteiger partial charge on any atom is 0.0521 e. The zero-order chi connectivity index (χ0) is 10.9. The maximum atomic E-state index is 9.26. The molecule has 0 bridgehead atoms. The highest BCUT2D eigenvalue weighted by Gasteiger charge is 2.27. The van der Waals surface area contributed by atoms with Crippen LogP contribution in [0.5, 0.6) is 0 Å².